The molecule has 0 bridgehead atoms. The van der Waals surface area contributed by atoms with Gasteiger partial charge in [0.15, 0.2) is 6.29 Å². The molecule has 6 N–H and O–H groups in total. The van der Waals surface area contributed by atoms with Crippen molar-refractivity contribution in [3.8, 4) is 0 Å². The molecule has 390 valence electrons. The lowest BCUT2D eigenvalue weighted by Crippen LogP contribution is -2.60. The molecule has 0 aromatic heterocycles. The molecule has 9 nitrogen and oxygen atoms in total. The molecule has 0 radical (unpaired) electrons. The molecule has 0 aromatic rings. The normalized spacial score (nSPS) is 19.9. The summed E-state index contributed by atoms with van der Waals surface area (Å²) in [4.78, 5) is 13.0. The van der Waals surface area contributed by atoms with Crippen LogP contribution in [-0.4, -0.2) is 87.5 Å². The van der Waals surface area contributed by atoms with E-state index in [2.05, 4.69) is 31.3 Å². The van der Waals surface area contributed by atoms with Crippen LogP contribution in [0.4, 0.5) is 0 Å². The Hall–Kier alpha value is -1.33. The predicted octanol–water partition coefficient (Wildman–Crippen LogP) is 13.8. The zero-order chi connectivity index (χ0) is 48.0. The molecular weight excluding hydrogens is 827 g/mol. The van der Waals surface area contributed by atoms with Crippen LogP contribution in [0.2, 0.25) is 0 Å². The molecule has 9 heteroatoms. The topological polar surface area (TPSA) is 149 Å². The molecule has 66 heavy (non-hydrogen) atoms. The fourth-order valence-electron chi connectivity index (χ4n) is 9.21. The molecular formula is C57H109NO8. The number of nitrogens with one attached hydrogen (secondary N) is 1. The molecule has 1 amide bonds. The van der Waals surface area contributed by atoms with Gasteiger partial charge in [-0.1, -0.05) is 250 Å². The Morgan fingerprint density at radius 2 is 0.848 bits per heavy atom. The summed E-state index contributed by atoms with van der Waals surface area (Å²) in [6.45, 7) is 3.79. The van der Waals surface area contributed by atoms with E-state index in [0.29, 0.717) is 6.42 Å². The molecule has 1 aliphatic heterocycles. The summed E-state index contributed by atoms with van der Waals surface area (Å²) in [5, 5.41) is 54.3. The minimum Gasteiger partial charge on any atom is -0.394 e. The van der Waals surface area contributed by atoms with E-state index < -0.39 is 49.5 Å². The minimum absolute atomic E-state index is 0.173. The van der Waals surface area contributed by atoms with Crippen LogP contribution in [0.15, 0.2) is 24.3 Å². The van der Waals surface area contributed by atoms with E-state index in [1.54, 1.807) is 6.08 Å². The van der Waals surface area contributed by atoms with Gasteiger partial charge in [-0.3, -0.25) is 4.79 Å². The van der Waals surface area contributed by atoms with Crippen molar-refractivity contribution in [3.05, 3.63) is 24.3 Å². The second-order valence-electron chi connectivity index (χ2n) is 20.1. The molecule has 1 fully saturated rings. The first-order valence-corrected chi connectivity index (χ1v) is 28.6. The van der Waals surface area contributed by atoms with Crippen molar-refractivity contribution in [1.82, 2.24) is 5.32 Å². The number of carbonyl (C=O) groups excluding carboxylic acids is 1. The first-order valence-electron chi connectivity index (χ1n) is 28.6. The van der Waals surface area contributed by atoms with Crippen molar-refractivity contribution in [2.45, 2.75) is 320 Å². The van der Waals surface area contributed by atoms with Crippen LogP contribution < -0.4 is 5.32 Å². The first-order chi connectivity index (χ1) is 32.3. The van der Waals surface area contributed by atoms with Gasteiger partial charge >= 0.3 is 0 Å². The van der Waals surface area contributed by atoms with Gasteiger partial charge in [-0.2, -0.15) is 0 Å². The summed E-state index contributed by atoms with van der Waals surface area (Å²) in [7, 11) is 0. The summed E-state index contributed by atoms with van der Waals surface area (Å²) in [6, 6.07) is -0.800. The maximum Gasteiger partial charge on any atom is 0.220 e. The zero-order valence-corrected chi connectivity index (χ0v) is 43.2. The Labute approximate surface area is 407 Å². The van der Waals surface area contributed by atoms with Gasteiger partial charge in [0, 0.05) is 6.42 Å². The monoisotopic (exact) mass is 936 g/mol. The van der Waals surface area contributed by atoms with Gasteiger partial charge in [-0.15, -0.1) is 0 Å². The van der Waals surface area contributed by atoms with Crippen LogP contribution in [-0.2, 0) is 14.3 Å². The predicted molar refractivity (Wildman–Crippen MR) is 277 cm³/mol. The van der Waals surface area contributed by atoms with E-state index in [9.17, 15) is 30.3 Å². The largest absolute Gasteiger partial charge is 0.394 e. The van der Waals surface area contributed by atoms with Gasteiger partial charge in [0.25, 0.3) is 0 Å². The third kappa shape index (κ3) is 36.6. The average molecular weight is 936 g/mol. The number of carbonyl (C=O) groups is 1. The molecule has 0 spiro atoms. The van der Waals surface area contributed by atoms with Crippen LogP contribution >= 0.6 is 0 Å². The molecule has 0 aliphatic carbocycles. The van der Waals surface area contributed by atoms with Gasteiger partial charge in [0.2, 0.25) is 5.91 Å². The second kappa shape index (κ2) is 47.4. The van der Waals surface area contributed by atoms with Crippen molar-refractivity contribution in [2.24, 2.45) is 0 Å². The second-order valence-corrected chi connectivity index (χ2v) is 20.1. The van der Waals surface area contributed by atoms with E-state index in [1.807, 2.05) is 6.08 Å². The summed E-state index contributed by atoms with van der Waals surface area (Å²) in [5.41, 5.74) is 0. The van der Waals surface area contributed by atoms with Gasteiger partial charge in [-0.25, -0.2) is 0 Å². The highest BCUT2D eigenvalue weighted by atomic mass is 16.7. The number of unbranched alkanes of at least 4 members (excludes halogenated alkanes) is 37. The first kappa shape index (κ1) is 62.7. The summed E-state index contributed by atoms with van der Waals surface area (Å²) < 4.78 is 11.2. The average Bonchev–Trinajstić information content (AvgIpc) is 3.32. The number of amides is 1. The fourth-order valence-corrected chi connectivity index (χ4v) is 9.21. The van der Waals surface area contributed by atoms with Crippen LogP contribution in [0.25, 0.3) is 0 Å². The maximum atomic E-state index is 13.0. The lowest BCUT2D eigenvalue weighted by atomic mass is 9.99. The van der Waals surface area contributed by atoms with Gasteiger partial charge < -0.3 is 40.3 Å². The Morgan fingerprint density at radius 3 is 1.23 bits per heavy atom. The number of aliphatic hydroxyl groups excluding tert-OH is 5. The summed E-state index contributed by atoms with van der Waals surface area (Å²) in [6.07, 6.45) is 52.6. The number of hydrogen-bond acceptors (Lipinski definition) is 8. The van der Waals surface area contributed by atoms with E-state index in [0.717, 1.165) is 38.5 Å². The SMILES string of the molecule is CCCCCCCCCC/C=C\CCCCCCCCCCCCCCCCCCCCCC(=O)NC(COC1OC(CO)C(O)C(O)C1O)C(O)/C=C/CCCCCCCCCCCC. The fraction of sp³-hybridized carbons (Fsp3) is 0.912. The molecule has 1 saturated heterocycles. The van der Waals surface area contributed by atoms with Crippen molar-refractivity contribution in [1.29, 1.82) is 0 Å². The van der Waals surface area contributed by atoms with Crippen molar-refractivity contribution >= 4 is 5.91 Å². The van der Waals surface area contributed by atoms with E-state index in [1.165, 1.54) is 218 Å². The van der Waals surface area contributed by atoms with Crippen molar-refractivity contribution < 1.29 is 39.8 Å². The van der Waals surface area contributed by atoms with Gasteiger partial charge in [0.05, 0.1) is 25.4 Å². The van der Waals surface area contributed by atoms with Crippen molar-refractivity contribution in [2.75, 3.05) is 13.2 Å². The Kier molecular flexibility index (Phi) is 45.0. The van der Waals surface area contributed by atoms with Crippen molar-refractivity contribution in [3.63, 3.8) is 0 Å². The number of aliphatic hydroxyl groups is 5. The van der Waals surface area contributed by atoms with Crippen LogP contribution in [0.5, 0.6) is 0 Å². The molecule has 7 unspecified atom stereocenters. The number of rotatable bonds is 49. The third-order valence-electron chi connectivity index (χ3n) is 13.8. The minimum atomic E-state index is -1.56. The van der Waals surface area contributed by atoms with Crippen LogP contribution in [0.3, 0.4) is 0 Å². The number of ether oxygens (including phenoxy) is 2. The highest BCUT2D eigenvalue weighted by molar-refractivity contribution is 5.76. The quantitative estimate of drug-likeness (QED) is 0.0261. The number of allylic oxidation sites excluding steroid dienone is 3. The Morgan fingerprint density at radius 1 is 0.500 bits per heavy atom. The molecule has 7 atom stereocenters. The highest BCUT2D eigenvalue weighted by Gasteiger charge is 2.44. The smallest absolute Gasteiger partial charge is 0.220 e. The van der Waals surface area contributed by atoms with Crippen LogP contribution in [0, 0.1) is 0 Å². The Bertz CT molecular complexity index is 1090. The zero-order valence-electron chi connectivity index (χ0n) is 43.2. The molecule has 1 heterocycles. The standard InChI is InChI=1S/C57H109NO8/c1-3-5-7-9-11-13-15-17-18-19-20-21-22-23-24-25-26-27-28-29-30-31-32-33-34-35-37-39-41-43-45-47-53(61)58-50(49-65-57-56(64)55(63)54(62)52(48-59)66-57)51(60)46-44-42-40-38-36-16-14-12-10-8-6-4-2/h19-20,44,46,50-52,54-57,59-60,62-64H,3-18,21-43,45,47-49H2,1-2H3,(H,58,61)/b20-19-,46-44+. The maximum absolute atomic E-state index is 13.0. The van der Waals surface area contributed by atoms with Crippen LogP contribution in [0.1, 0.15) is 277 Å². The highest BCUT2D eigenvalue weighted by Crippen LogP contribution is 2.23. The number of hydrogen-bond donors (Lipinski definition) is 6. The van der Waals surface area contributed by atoms with Gasteiger partial charge in [-0.05, 0) is 44.9 Å². The molecule has 0 aromatic carbocycles. The Balaban J connectivity index is 2.11. The lowest BCUT2D eigenvalue weighted by molar-refractivity contribution is -0.302. The lowest BCUT2D eigenvalue weighted by Gasteiger charge is -2.40. The van der Waals surface area contributed by atoms with E-state index in [4.69, 9.17) is 9.47 Å². The summed E-state index contributed by atoms with van der Waals surface area (Å²) >= 11 is 0. The molecule has 1 rings (SSSR count). The molecule has 1 aliphatic rings. The molecule has 0 saturated carbocycles. The third-order valence-corrected chi connectivity index (χ3v) is 13.8. The summed E-state index contributed by atoms with van der Waals surface area (Å²) in [5.74, 6) is -0.173. The van der Waals surface area contributed by atoms with E-state index in [-0.39, 0.29) is 12.5 Å². The van der Waals surface area contributed by atoms with Gasteiger partial charge in [0.1, 0.15) is 24.4 Å². The van der Waals surface area contributed by atoms with E-state index >= 15 is 0 Å².